The van der Waals surface area contributed by atoms with Crippen LogP contribution in [0.15, 0.2) is 384 Å². The molecule has 18 aromatic rings. The third-order valence-corrected chi connectivity index (χ3v) is 17.9. The molecular weight excluding hydrogens is 1340 g/mol. The Morgan fingerprint density at radius 2 is 0.536 bits per heavy atom. The molecule has 0 unspecified atom stereocenters. The van der Waals surface area contributed by atoms with E-state index in [1.54, 1.807) is 31.0 Å². The molecule has 11 nitrogen and oxygen atoms in total. The van der Waals surface area contributed by atoms with Crippen molar-refractivity contribution in [2.24, 2.45) is 0 Å². The normalized spacial score (nSPS) is 10.5. The van der Waals surface area contributed by atoms with E-state index in [1.165, 1.54) is 88.3 Å². The van der Waals surface area contributed by atoms with Gasteiger partial charge >= 0.3 is 0 Å². The van der Waals surface area contributed by atoms with Crippen LogP contribution in [0.3, 0.4) is 0 Å². The van der Waals surface area contributed by atoms with E-state index in [0.717, 1.165) is 67.5 Å². The summed E-state index contributed by atoms with van der Waals surface area (Å²) in [6, 6.07) is 106. The predicted molar refractivity (Wildman–Crippen MR) is 452 cm³/mol. The first-order valence-electron chi connectivity index (χ1n) is 36.4. The molecule has 0 fully saturated rings. The van der Waals surface area contributed by atoms with Crippen molar-refractivity contribution in [3.8, 4) is 112 Å². The van der Waals surface area contributed by atoms with Gasteiger partial charge in [0, 0.05) is 119 Å². The molecule has 0 atom stereocenters. The maximum atomic E-state index is 4.77. The number of aromatic nitrogens is 11. The van der Waals surface area contributed by atoms with Crippen molar-refractivity contribution < 1.29 is 0 Å². The molecular formula is C99H81N11. The van der Waals surface area contributed by atoms with E-state index in [4.69, 9.17) is 9.97 Å². The molecule has 0 saturated carbocycles. The van der Waals surface area contributed by atoms with Gasteiger partial charge in [-0.25, -0.2) is 19.9 Å². The van der Waals surface area contributed by atoms with Gasteiger partial charge in [0.25, 0.3) is 0 Å². The standard InChI is InChI=1S/C24H17N3.C18H15N.2C17H14N2.C12H11N.C11H10N2/c1-16-25-23(21-12-10-17-6-2-4-8-19(17)14-21)27-24(26-16)22-13-11-18-7-3-5-9-20(18)15-22;1-14-12-17(15-8-4-2-5-9-15)19-18(13-14)16-10-6-3-7-11-16;1-13-10-16(14-2-6-18-7-3-14)12-17(11-13)15-4-8-19-9-5-15;1-13-8-16(14-4-2-6-18-11-14)10-17(9-13)15-5-3-7-19-12-15;1-10-4-2-5-11(8-10)12-6-3-7-13-9-12;1-9-3-2-4-11(13-9)10-5-7-12-8-6-10/h2-15H,1H3;2-13H,1H3;2*2-12H,1H3;2-9H,1H3;2-8H,1H3. The zero-order chi connectivity index (χ0) is 75.6. The number of benzene rings is 9. The Kier molecular flexibility index (Phi) is 25.0. The second-order valence-corrected chi connectivity index (χ2v) is 26.4. The van der Waals surface area contributed by atoms with Gasteiger partial charge in [0.15, 0.2) is 11.6 Å². The molecule has 0 radical (unpaired) electrons. The molecule has 9 aromatic carbocycles. The van der Waals surface area contributed by atoms with Gasteiger partial charge in [0.2, 0.25) is 0 Å². The van der Waals surface area contributed by atoms with Crippen LogP contribution in [0, 0.1) is 41.5 Å². The van der Waals surface area contributed by atoms with Gasteiger partial charge < -0.3 is 0 Å². The summed E-state index contributed by atoms with van der Waals surface area (Å²) in [7, 11) is 0. The van der Waals surface area contributed by atoms with Crippen LogP contribution >= 0.6 is 0 Å². The lowest BCUT2D eigenvalue weighted by molar-refractivity contribution is 0.992. The second kappa shape index (κ2) is 37.1. The van der Waals surface area contributed by atoms with Gasteiger partial charge in [-0.15, -0.1) is 0 Å². The fourth-order valence-corrected chi connectivity index (χ4v) is 12.6. The molecule has 0 bridgehead atoms. The van der Waals surface area contributed by atoms with E-state index in [-0.39, 0.29) is 0 Å². The molecule has 0 spiro atoms. The lowest BCUT2D eigenvalue weighted by Crippen LogP contribution is -1.99. The van der Waals surface area contributed by atoms with E-state index in [0.29, 0.717) is 11.6 Å². The molecule has 532 valence electrons. The first kappa shape index (κ1) is 74.0. The number of aryl methyl sites for hydroxylation is 6. The highest BCUT2D eigenvalue weighted by Crippen LogP contribution is 2.32. The van der Waals surface area contributed by atoms with Gasteiger partial charge in [0.05, 0.1) is 17.1 Å². The maximum absolute atomic E-state index is 4.77. The summed E-state index contributed by atoms with van der Waals surface area (Å²) in [5.74, 6) is 2.13. The van der Waals surface area contributed by atoms with Crippen molar-refractivity contribution in [2.45, 2.75) is 41.5 Å². The number of nitrogens with zero attached hydrogens (tertiary/aromatic N) is 11. The molecule has 110 heavy (non-hydrogen) atoms. The smallest absolute Gasteiger partial charge is 0.163 e. The molecule has 0 aliphatic rings. The fourth-order valence-electron chi connectivity index (χ4n) is 12.6. The monoisotopic (exact) mass is 1420 g/mol. The van der Waals surface area contributed by atoms with Gasteiger partial charge in [-0.3, -0.25) is 34.9 Å². The zero-order valence-electron chi connectivity index (χ0n) is 62.3. The number of rotatable bonds is 10. The quantitative estimate of drug-likeness (QED) is 0.129. The average Bonchev–Trinajstić information content (AvgIpc) is 0.828. The summed E-state index contributed by atoms with van der Waals surface area (Å²) in [6.07, 6.45) is 21.9. The largest absolute Gasteiger partial charge is 0.265 e. The van der Waals surface area contributed by atoms with E-state index in [9.17, 15) is 0 Å². The van der Waals surface area contributed by atoms with E-state index < -0.39 is 0 Å². The Morgan fingerprint density at radius 1 is 0.173 bits per heavy atom. The van der Waals surface area contributed by atoms with Gasteiger partial charge in [0.1, 0.15) is 5.82 Å². The summed E-state index contributed by atoms with van der Waals surface area (Å²) in [6.45, 7) is 12.3. The van der Waals surface area contributed by atoms with Gasteiger partial charge in [-0.05, 0) is 227 Å². The summed E-state index contributed by atoms with van der Waals surface area (Å²) in [5.41, 5.74) is 26.4. The predicted octanol–water partition coefficient (Wildman–Crippen LogP) is 24.3. The van der Waals surface area contributed by atoms with Crippen LogP contribution in [-0.2, 0) is 0 Å². The topological polar surface area (TPSA) is 142 Å². The highest BCUT2D eigenvalue weighted by molar-refractivity contribution is 5.88. The molecule has 0 N–H and O–H groups in total. The lowest BCUT2D eigenvalue weighted by atomic mass is 9.98. The van der Waals surface area contributed by atoms with Crippen molar-refractivity contribution in [1.82, 2.24) is 54.8 Å². The van der Waals surface area contributed by atoms with Crippen molar-refractivity contribution in [2.75, 3.05) is 0 Å². The van der Waals surface area contributed by atoms with E-state index >= 15 is 0 Å². The highest BCUT2D eigenvalue weighted by atomic mass is 15.0. The minimum atomic E-state index is 0.705. The Labute approximate surface area is 643 Å². The van der Waals surface area contributed by atoms with Gasteiger partial charge in [-0.1, -0.05) is 212 Å². The molecule has 18 rings (SSSR count). The van der Waals surface area contributed by atoms with Crippen LogP contribution in [0.2, 0.25) is 0 Å². The minimum Gasteiger partial charge on any atom is -0.265 e. The van der Waals surface area contributed by atoms with Gasteiger partial charge in [-0.2, -0.15) is 0 Å². The first-order chi connectivity index (χ1) is 54.0. The fraction of sp³-hybridized carbons (Fsp3) is 0.0606. The minimum absolute atomic E-state index is 0.705. The molecule has 9 aromatic heterocycles. The first-order valence-corrected chi connectivity index (χ1v) is 36.4. The molecule has 0 aliphatic heterocycles. The third-order valence-electron chi connectivity index (χ3n) is 17.9. The summed E-state index contributed by atoms with van der Waals surface area (Å²) in [5, 5.41) is 4.78. The van der Waals surface area contributed by atoms with Crippen molar-refractivity contribution in [3.63, 3.8) is 0 Å². The summed E-state index contributed by atoms with van der Waals surface area (Å²) < 4.78 is 0. The SMILES string of the molecule is Cc1cc(-c2ccccc2)nc(-c2ccccc2)c1.Cc1cc(-c2cccnc2)cc(-c2cccnc2)c1.Cc1cc(-c2ccncc2)cc(-c2ccncc2)c1.Cc1cccc(-c2cccnc2)c1.Cc1cccc(-c2ccncc2)n1.Cc1nc(-c2ccc3ccccc3c2)nc(-c2ccc3ccccc3c2)n1. The lowest BCUT2D eigenvalue weighted by Gasteiger charge is -2.08. The average molecular weight is 1420 g/mol. The Morgan fingerprint density at radius 3 is 0.964 bits per heavy atom. The van der Waals surface area contributed by atoms with E-state index in [1.807, 2.05) is 191 Å². The molecule has 9 heterocycles. The molecule has 11 heteroatoms. The Balaban J connectivity index is 0.000000118. The van der Waals surface area contributed by atoms with Crippen LogP contribution in [0.4, 0.5) is 0 Å². The van der Waals surface area contributed by atoms with Crippen LogP contribution in [0.5, 0.6) is 0 Å². The van der Waals surface area contributed by atoms with Crippen molar-refractivity contribution in [1.29, 1.82) is 0 Å². The molecule has 0 aliphatic carbocycles. The van der Waals surface area contributed by atoms with Crippen LogP contribution in [-0.4, -0.2) is 54.8 Å². The number of hydrogen-bond donors (Lipinski definition) is 0. The second-order valence-electron chi connectivity index (χ2n) is 26.4. The summed E-state index contributed by atoms with van der Waals surface area (Å²) >= 11 is 0. The van der Waals surface area contributed by atoms with Crippen molar-refractivity contribution in [3.05, 3.63) is 418 Å². The third kappa shape index (κ3) is 20.6. The van der Waals surface area contributed by atoms with E-state index in [2.05, 4.69) is 248 Å². The molecule has 0 amide bonds. The van der Waals surface area contributed by atoms with Crippen LogP contribution < -0.4 is 0 Å². The zero-order valence-corrected chi connectivity index (χ0v) is 62.3. The number of hydrogen-bond acceptors (Lipinski definition) is 11. The Hall–Kier alpha value is -14.3. The highest BCUT2D eigenvalue weighted by Gasteiger charge is 2.12. The van der Waals surface area contributed by atoms with Crippen LogP contribution in [0.1, 0.15) is 33.8 Å². The Bertz CT molecular complexity index is 5310. The number of pyridine rings is 8. The maximum Gasteiger partial charge on any atom is 0.163 e. The number of fused-ring (bicyclic) bond motifs is 2. The molecule has 0 saturated heterocycles. The summed E-state index contributed by atoms with van der Waals surface area (Å²) in [4.78, 5) is 47.7. The van der Waals surface area contributed by atoms with Crippen LogP contribution in [0.25, 0.3) is 134 Å². The van der Waals surface area contributed by atoms with Crippen molar-refractivity contribution >= 4 is 21.5 Å².